The van der Waals surface area contributed by atoms with E-state index in [1.165, 1.54) is 0 Å². The van der Waals surface area contributed by atoms with Crippen molar-refractivity contribution in [2.45, 2.75) is 31.5 Å². The van der Waals surface area contributed by atoms with Gasteiger partial charge in [0, 0.05) is 45.4 Å². The average Bonchev–Trinajstić information content (AvgIpc) is 2.91. The zero-order valence-electron chi connectivity index (χ0n) is 13.4. The number of likely N-dealkylation sites (tertiary alicyclic amines) is 1. The Morgan fingerprint density at radius 1 is 1.24 bits per heavy atom. The molecule has 2 saturated heterocycles. The van der Waals surface area contributed by atoms with Crippen LogP contribution < -0.4 is 5.32 Å². The van der Waals surface area contributed by atoms with E-state index in [4.69, 9.17) is 9.47 Å². The first-order valence-electron chi connectivity index (χ1n) is 8.01. The second kappa shape index (κ2) is 8.08. The minimum atomic E-state index is -0.315. The molecule has 2 aliphatic rings. The summed E-state index contributed by atoms with van der Waals surface area (Å²) >= 11 is 0. The van der Waals surface area contributed by atoms with Crippen molar-refractivity contribution in [3.8, 4) is 0 Å². The number of carbonyl (C=O) groups is 1. The van der Waals surface area contributed by atoms with Crippen LogP contribution in [0.25, 0.3) is 0 Å². The van der Waals surface area contributed by atoms with E-state index >= 15 is 0 Å². The third kappa shape index (κ3) is 5.54. The summed E-state index contributed by atoms with van der Waals surface area (Å²) in [6.07, 6.45) is 3.41. The van der Waals surface area contributed by atoms with Gasteiger partial charge in [-0.2, -0.15) is 0 Å². The van der Waals surface area contributed by atoms with E-state index < -0.39 is 0 Å². The molecule has 2 fully saturated rings. The van der Waals surface area contributed by atoms with Crippen molar-refractivity contribution < 1.29 is 14.3 Å². The summed E-state index contributed by atoms with van der Waals surface area (Å²) in [6, 6.07) is 0. The number of ether oxygens (including phenoxy) is 2. The van der Waals surface area contributed by atoms with Gasteiger partial charge >= 0.3 is 0 Å². The van der Waals surface area contributed by atoms with Gasteiger partial charge in [-0.3, -0.25) is 4.79 Å². The lowest BCUT2D eigenvalue weighted by molar-refractivity contribution is -0.185. The molecule has 0 atom stereocenters. The molecule has 6 heteroatoms. The minimum absolute atomic E-state index is 0.155. The van der Waals surface area contributed by atoms with Crippen LogP contribution in [0.5, 0.6) is 0 Å². The fraction of sp³-hybridized carbons (Fsp3) is 0.933. The molecule has 1 amide bonds. The molecule has 122 valence electrons. The van der Waals surface area contributed by atoms with Crippen LogP contribution in [0.15, 0.2) is 0 Å². The molecule has 2 aliphatic heterocycles. The van der Waals surface area contributed by atoms with E-state index in [2.05, 4.69) is 15.1 Å². The lowest BCUT2D eigenvalue weighted by atomic mass is 10.0. The first-order chi connectivity index (χ1) is 10.1. The summed E-state index contributed by atoms with van der Waals surface area (Å²) in [5.41, 5.74) is 0. The molecule has 0 aliphatic carbocycles. The van der Waals surface area contributed by atoms with Gasteiger partial charge in [0.15, 0.2) is 5.79 Å². The molecule has 0 saturated carbocycles. The number of carbonyl (C=O) groups excluding carboxylic acids is 1. The Labute approximate surface area is 127 Å². The maximum absolute atomic E-state index is 11.8. The number of amides is 1. The van der Waals surface area contributed by atoms with Crippen LogP contribution in [0.3, 0.4) is 0 Å². The van der Waals surface area contributed by atoms with Gasteiger partial charge in [-0.25, -0.2) is 0 Å². The summed E-state index contributed by atoms with van der Waals surface area (Å²) in [4.78, 5) is 16.2. The molecule has 0 unspecified atom stereocenters. The number of nitrogens with one attached hydrogen (secondary N) is 1. The Balaban J connectivity index is 1.53. The SMILES string of the molecule is CN(C)CCCNC(=O)CCN1CCC2(CC1)OCCO2. The van der Waals surface area contributed by atoms with E-state index in [9.17, 15) is 4.79 Å². The van der Waals surface area contributed by atoms with Gasteiger partial charge in [0.05, 0.1) is 13.2 Å². The molecule has 1 spiro atoms. The molecule has 6 nitrogen and oxygen atoms in total. The largest absolute Gasteiger partial charge is 0.356 e. The molecular weight excluding hydrogens is 270 g/mol. The Bertz CT molecular complexity index is 320. The van der Waals surface area contributed by atoms with Crippen molar-refractivity contribution in [1.29, 1.82) is 0 Å². The molecule has 0 bridgehead atoms. The average molecular weight is 299 g/mol. The molecule has 1 N–H and O–H groups in total. The Hall–Kier alpha value is -0.690. The molecule has 0 aromatic rings. The molecule has 2 rings (SSSR count). The van der Waals surface area contributed by atoms with Crippen molar-refractivity contribution >= 4 is 5.91 Å². The summed E-state index contributed by atoms with van der Waals surface area (Å²) in [5.74, 6) is -0.160. The number of nitrogens with zero attached hydrogens (tertiary/aromatic N) is 2. The molecule has 2 heterocycles. The fourth-order valence-electron chi connectivity index (χ4n) is 2.87. The quantitative estimate of drug-likeness (QED) is 0.685. The topological polar surface area (TPSA) is 54.0 Å². The second-order valence-corrected chi connectivity index (χ2v) is 6.21. The van der Waals surface area contributed by atoms with Crippen LogP contribution in [0.1, 0.15) is 25.7 Å². The monoisotopic (exact) mass is 299 g/mol. The van der Waals surface area contributed by atoms with Gasteiger partial charge in [0.2, 0.25) is 5.91 Å². The molecule has 0 aromatic carbocycles. The summed E-state index contributed by atoms with van der Waals surface area (Å²) < 4.78 is 11.4. The molecular formula is C15H29N3O3. The van der Waals surface area contributed by atoms with E-state index in [-0.39, 0.29) is 11.7 Å². The zero-order chi connectivity index (χ0) is 15.1. The minimum Gasteiger partial charge on any atom is -0.356 e. The van der Waals surface area contributed by atoms with Gasteiger partial charge in [0.25, 0.3) is 0 Å². The van der Waals surface area contributed by atoms with Crippen molar-refractivity contribution in [3.05, 3.63) is 0 Å². The lowest BCUT2D eigenvalue weighted by Gasteiger charge is -2.37. The van der Waals surface area contributed by atoms with E-state index in [0.717, 1.165) is 65.2 Å². The highest BCUT2D eigenvalue weighted by Crippen LogP contribution is 2.31. The molecule has 0 aromatic heterocycles. The van der Waals surface area contributed by atoms with Crippen molar-refractivity contribution in [2.24, 2.45) is 0 Å². The zero-order valence-corrected chi connectivity index (χ0v) is 13.4. The lowest BCUT2D eigenvalue weighted by Crippen LogP contribution is -2.46. The van der Waals surface area contributed by atoms with Gasteiger partial charge in [-0.15, -0.1) is 0 Å². The van der Waals surface area contributed by atoms with Gasteiger partial charge < -0.3 is 24.6 Å². The second-order valence-electron chi connectivity index (χ2n) is 6.21. The first-order valence-corrected chi connectivity index (χ1v) is 8.01. The Morgan fingerprint density at radius 2 is 1.90 bits per heavy atom. The number of hydrogen-bond acceptors (Lipinski definition) is 5. The summed E-state index contributed by atoms with van der Waals surface area (Å²) in [5, 5.41) is 2.98. The van der Waals surface area contributed by atoms with Gasteiger partial charge in [-0.1, -0.05) is 0 Å². The smallest absolute Gasteiger partial charge is 0.221 e. The molecule has 0 radical (unpaired) electrons. The summed E-state index contributed by atoms with van der Waals surface area (Å²) in [6.45, 7) is 5.94. The summed E-state index contributed by atoms with van der Waals surface area (Å²) in [7, 11) is 4.09. The highest BCUT2D eigenvalue weighted by atomic mass is 16.7. The number of rotatable bonds is 7. The fourth-order valence-corrected chi connectivity index (χ4v) is 2.87. The van der Waals surface area contributed by atoms with Crippen LogP contribution in [-0.2, 0) is 14.3 Å². The van der Waals surface area contributed by atoms with E-state index in [1.807, 2.05) is 14.1 Å². The standard InChI is InChI=1S/C15H29N3O3/c1-17(2)8-3-7-16-14(19)4-9-18-10-5-15(6-11-18)20-12-13-21-15/h3-13H2,1-2H3,(H,16,19). The highest BCUT2D eigenvalue weighted by Gasteiger charge is 2.39. The van der Waals surface area contributed by atoms with Crippen molar-refractivity contribution in [2.75, 3.05) is 60.0 Å². The first kappa shape index (κ1) is 16.7. The van der Waals surface area contributed by atoms with E-state index in [0.29, 0.717) is 6.42 Å². The van der Waals surface area contributed by atoms with Crippen molar-refractivity contribution in [1.82, 2.24) is 15.1 Å². The van der Waals surface area contributed by atoms with Crippen LogP contribution in [0.2, 0.25) is 0 Å². The highest BCUT2D eigenvalue weighted by molar-refractivity contribution is 5.75. The molecule has 21 heavy (non-hydrogen) atoms. The number of hydrogen-bond donors (Lipinski definition) is 1. The van der Waals surface area contributed by atoms with Crippen LogP contribution in [-0.4, -0.2) is 81.5 Å². The predicted molar refractivity (Wildman–Crippen MR) is 81.1 cm³/mol. The third-order valence-electron chi connectivity index (χ3n) is 4.19. The normalized spacial score (nSPS) is 22.0. The Kier molecular flexibility index (Phi) is 6.41. The van der Waals surface area contributed by atoms with Crippen LogP contribution in [0, 0.1) is 0 Å². The van der Waals surface area contributed by atoms with Gasteiger partial charge in [0.1, 0.15) is 0 Å². The van der Waals surface area contributed by atoms with Crippen LogP contribution >= 0.6 is 0 Å². The predicted octanol–water partition coefficient (Wildman–Crippen LogP) is 0.283. The van der Waals surface area contributed by atoms with Crippen molar-refractivity contribution in [3.63, 3.8) is 0 Å². The van der Waals surface area contributed by atoms with E-state index in [1.54, 1.807) is 0 Å². The van der Waals surface area contributed by atoms with Crippen LogP contribution in [0.4, 0.5) is 0 Å². The third-order valence-corrected chi connectivity index (χ3v) is 4.19. The maximum atomic E-state index is 11.8. The number of piperidine rings is 1. The van der Waals surface area contributed by atoms with Gasteiger partial charge in [-0.05, 0) is 27.1 Å². The maximum Gasteiger partial charge on any atom is 0.221 e. The Morgan fingerprint density at radius 3 is 2.52 bits per heavy atom.